The van der Waals surface area contributed by atoms with Gasteiger partial charge in [-0.05, 0) is 22.4 Å². The van der Waals surface area contributed by atoms with Crippen molar-refractivity contribution in [2.75, 3.05) is 5.32 Å². The molecule has 2 aromatic rings. The van der Waals surface area contributed by atoms with Gasteiger partial charge in [-0.15, -0.1) is 11.3 Å². The molecule has 96 valence electrons. The summed E-state index contributed by atoms with van der Waals surface area (Å²) < 4.78 is 1.98. The molecule has 0 atom stereocenters. The Morgan fingerprint density at radius 3 is 3.00 bits per heavy atom. The molecule has 0 aromatic carbocycles. The van der Waals surface area contributed by atoms with Crippen LogP contribution in [-0.4, -0.2) is 14.8 Å². The molecule has 0 saturated carbocycles. The van der Waals surface area contributed by atoms with E-state index in [1.54, 1.807) is 29.2 Å². The summed E-state index contributed by atoms with van der Waals surface area (Å²) in [5.41, 5.74) is 2.38. The molecule has 2 heterocycles. The van der Waals surface area contributed by atoms with Crippen LogP contribution in [0.25, 0.3) is 0 Å². The molecule has 1 N–H and O–H groups in total. The van der Waals surface area contributed by atoms with Crippen LogP contribution in [0.2, 0.25) is 0 Å². The first-order chi connectivity index (χ1) is 8.72. The van der Waals surface area contributed by atoms with Crippen LogP contribution in [-0.2, 0) is 13.1 Å². The fourth-order valence-corrected chi connectivity index (χ4v) is 2.45. The normalized spacial score (nSPS) is 10.6. The van der Waals surface area contributed by atoms with Gasteiger partial charge in [0.25, 0.3) is 5.56 Å². The summed E-state index contributed by atoms with van der Waals surface area (Å²) in [6.07, 6.45) is 4.35. The first-order valence-corrected chi connectivity index (χ1v) is 7.26. The topological polar surface area (TPSA) is 59.8 Å². The highest BCUT2D eigenvalue weighted by atomic mass is 79.9. The zero-order valence-electron chi connectivity index (χ0n) is 9.89. The van der Waals surface area contributed by atoms with E-state index in [-0.39, 0.29) is 5.56 Å². The third-order valence-electron chi connectivity index (χ3n) is 2.36. The Kier molecular flexibility index (Phi) is 4.48. The lowest BCUT2D eigenvalue weighted by atomic mass is 10.4. The van der Waals surface area contributed by atoms with Gasteiger partial charge in [0, 0.05) is 17.6 Å². The molecule has 0 spiro atoms. The fourth-order valence-electron chi connectivity index (χ4n) is 1.47. The quantitative estimate of drug-likeness (QED) is 0.916. The molecule has 0 radical (unpaired) electrons. The SMILES string of the molecule is CCCn1ncc(NCc2cncs2)c(Br)c1=O. The highest BCUT2D eigenvalue weighted by Gasteiger charge is 2.08. The molecule has 0 aliphatic rings. The zero-order chi connectivity index (χ0) is 13.0. The van der Waals surface area contributed by atoms with Crippen molar-refractivity contribution in [1.29, 1.82) is 0 Å². The van der Waals surface area contributed by atoms with E-state index >= 15 is 0 Å². The molecule has 2 aromatic heterocycles. The number of halogens is 1. The second-order valence-electron chi connectivity index (χ2n) is 3.72. The average Bonchev–Trinajstić information content (AvgIpc) is 2.87. The van der Waals surface area contributed by atoms with E-state index in [0.29, 0.717) is 23.2 Å². The first kappa shape index (κ1) is 13.2. The van der Waals surface area contributed by atoms with E-state index in [2.05, 4.69) is 31.3 Å². The van der Waals surface area contributed by atoms with Crippen molar-refractivity contribution in [3.8, 4) is 0 Å². The maximum atomic E-state index is 11.9. The molecule has 0 fully saturated rings. The van der Waals surface area contributed by atoms with Crippen LogP contribution in [0.4, 0.5) is 5.69 Å². The summed E-state index contributed by atoms with van der Waals surface area (Å²) in [6.45, 7) is 3.28. The van der Waals surface area contributed by atoms with Crippen LogP contribution in [0.3, 0.4) is 0 Å². The lowest BCUT2D eigenvalue weighted by molar-refractivity contribution is 0.566. The first-order valence-electron chi connectivity index (χ1n) is 5.59. The van der Waals surface area contributed by atoms with Crippen LogP contribution in [0.5, 0.6) is 0 Å². The van der Waals surface area contributed by atoms with Gasteiger partial charge in [0.2, 0.25) is 0 Å². The summed E-state index contributed by atoms with van der Waals surface area (Å²) in [7, 11) is 0. The predicted molar refractivity (Wildman–Crippen MR) is 75.9 cm³/mol. The van der Waals surface area contributed by atoms with E-state index < -0.39 is 0 Å². The Balaban J connectivity index is 2.14. The molecule has 5 nitrogen and oxygen atoms in total. The van der Waals surface area contributed by atoms with Gasteiger partial charge in [-0.3, -0.25) is 9.78 Å². The van der Waals surface area contributed by atoms with Gasteiger partial charge in [-0.25, -0.2) is 4.68 Å². The average molecular weight is 329 g/mol. The Labute approximate surface area is 117 Å². The minimum atomic E-state index is -0.105. The van der Waals surface area contributed by atoms with E-state index in [1.165, 1.54) is 4.68 Å². The van der Waals surface area contributed by atoms with Crippen LogP contribution in [0.15, 0.2) is 27.2 Å². The smallest absolute Gasteiger partial charge is 0.283 e. The summed E-state index contributed by atoms with van der Waals surface area (Å²) in [5, 5.41) is 7.30. The summed E-state index contributed by atoms with van der Waals surface area (Å²) in [4.78, 5) is 17.1. The van der Waals surface area contributed by atoms with Gasteiger partial charge in [0.15, 0.2) is 0 Å². The highest BCUT2D eigenvalue weighted by Crippen LogP contribution is 2.18. The van der Waals surface area contributed by atoms with E-state index in [4.69, 9.17) is 0 Å². The number of aryl methyl sites for hydroxylation is 1. The standard InChI is InChI=1S/C11H13BrN4OS/c1-2-3-16-11(17)10(12)9(6-15-16)14-5-8-4-13-7-18-8/h4,6-7,14H,2-3,5H2,1H3. The van der Waals surface area contributed by atoms with Gasteiger partial charge in [-0.1, -0.05) is 6.92 Å². The second-order valence-corrected chi connectivity index (χ2v) is 5.49. The predicted octanol–water partition coefficient (Wildman–Crippen LogP) is 2.48. The van der Waals surface area contributed by atoms with E-state index in [1.807, 2.05) is 6.92 Å². The molecule has 18 heavy (non-hydrogen) atoms. The molecular formula is C11H13BrN4OS. The van der Waals surface area contributed by atoms with Crippen molar-refractivity contribution in [1.82, 2.24) is 14.8 Å². The Morgan fingerprint density at radius 1 is 1.50 bits per heavy atom. The molecule has 0 amide bonds. The minimum absolute atomic E-state index is 0.105. The maximum absolute atomic E-state index is 11.9. The molecular weight excluding hydrogens is 316 g/mol. The summed E-state index contributed by atoms with van der Waals surface area (Å²) >= 11 is 4.89. The van der Waals surface area contributed by atoms with Crippen molar-refractivity contribution >= 4 is 33.0 Å². The number of hydrogen-bond donors (Lipinski definition) is 1. The molecule has 0 saturated heterocycles. The van der Waals surface area contributed by atoms with Crippen molar-refractivity contribution < 1.29 is 0 Å². The Bertz CT molecular complexity index is 567. The van der Waals surface area contributed by atoms with Crippen LogP contribution >= 0.6 is 27.3 Å². The number of anilines is 1. The summed E-state index contributed by atoms with van der Waals surface area (Å²) in [6, 6.07) is 0. The van der Waals surface area contributed by atoms with Crippen LogP contribution < -0.4 is 10.9 Å². The number of aromatic nitrogens is 3. The van der Waals surface area contributed by atoms with Crippen molar-refractivity contribution in [3.63, 3.8) is 0 Å². The third kappa shape index (κ3) is 2.97. The minimum Gasteiger partial charge on any atom is -0.378 e. The lowest BCUT2D eigenvalue weighted by Gasteiger charge is -2.08. The number of hydrogen-bond acceptors (Lipinski definition) is 5. The number of thiazole rings is 1. The number of nitrogens with one attached hydrogen (secondary N) is 1. The number of rotatable bonds is 5. The monoisotopic (exact) mass is 328 g/mol. The Hall–Kier alpha value is -1.21. The fraction of sp³-hybridized carbons (Fsp3) is 0.364. The van der Waals surface area contributed by atoms with Crippen molar-refractivity contribution in [2.45, 2.75) is 26.4 Å². The molecule has 7 heteroatoms. The van der Waals surface area contributed by atoms with Crippen molar-refractivity contribution in [3.05, 3.63) is 37.6 Å². The van der Waals surface area contributed by atoms with Gasteiger partial charge in [0.05, 0.1) is 23.9 Å². The zero-order valence-corrected chi connectivity index (χ0v) is 12.3. The van der Waals surface area contributed by atoms with E-state index in [9.17, 15) is 4.79 Å². The van der Waals surface area contributed by atoms with Crippen LogP contribution in [0.1, 0.15) is 18.2 Å². The molecule has 2 rings (SSSR count). The largest absolute Gasteiger partial charge is 0.378 e. The maximum Gasteiger partial charge on any atom is 0.283 e. The number of nitrogens with zero attached hydrogens (tertiary/aromatic N) is 3. The third-order valence-corrected chi connectivity index (χ3v) is 3.90. The van der Waals surface area contributed by atoms with E-state index in [0.717, 1.165) is 11.3 Å². The van der Waals surface area contributed by atoms with Gasteiger partial charge in [-0.2, -0.15) is 5.10 Å². The van der Waals surface area contributed by atoms with Gasteiger partial charge >= 0.3 is 0 Å². The second kappa shape index (κ2) is 6.10. The van der Waals surface area contributed by atoms with Gasteiger partial charge in [0.1, 0.15) is 4.47 Å². The molecule has 0 aliphatic carbocycles. The summed E-state index contributed by atoms with van der Waals surface area (Å²) in [5.74, 6) is 0. The van der Waals surface area contributed by atoms with Gasteiger partial charge < -0.3 is 5.32 Å². The molecule has 0 aliphatic heterocycles. The van der Waals surface area contributed by atoms with Crippen molar-refractivity contribution in [2.24, 2.45) is 0 Å². The molecule has 0 bridgehead atoms. The highest BCUT2D eigenvalue weighted by molar-refractivity contribution is 9.10. The Morgan fingerprint density at radius 2 is 2.33 bits per heavy atom. The van der Waals surface area contributed by atoms with Crippen LogP contribution in [0, 0.1) is 0 Å². The molecule has 0 unspecified atom stereocenters. The lowest BCUT2D eigenvalue weighted by Crippen LogP contribution is -2.24.